The molecule has 3 heteroatoms. The second-order valence-corrected chi connectivity index (χ2v) is 10.7. The molecule has 0 N–H and O–H groups in total. The molecule has 0 bridgehead atoms. The average Bonchev–Trinajstić information content (AvgIpc) is 2.79. The Hall–Kier alpha value is -2.54. The van der Waals surface area contributed by atoms with Gasteiger partial charge in [0.05, 0.1) is 0 Å². The summed E-state index contributed by atoms with van der Waals surface area (Å²) in [5.74, 6) is 0.195. The molecule has 0 aliphatic rings. The van der Waals surface area contributed by atoms with E-state index in [9.17, 15) is 4.79 Å². The highest BCUT2D eigenvalue weighted by atomic mass is 79.9. The van der Waals surface area contributed by atoms with Crippen LogP contribution in [0.4, 0.5) is 0 Å². The molecule has 1 atom stereocenters. The van der Waals surface area contributed by atoms with Gasteiger partial charge in [0.15, 0.2) is 11.4 Å². The molecule has 0 aromatic heterocycles. The Morgan fingerprint density at radius 3 is 1.17 bits per heavy atom. The number of carbonyl (C=O) groups is 1. The largest absolute Gasteiger partial charge is 1.00 e. The van der Waals surface area contributed by atoms with Gasteiger partial charge in [-0.05, 0) is 43.3 Å². The topological polar surface area (TPSA) is 17.1 Å². The number of Topliss-reactive ketones (excluding diaryl/α,β-unsaturated/α-hetero) is 1. The minimum atomic E-state index is -2.29. The van der Waals surface area contributed by atoms with E-state index in [1.54, 1.807) is 6.92 Å². The third-order valence-corrected chi connectivity index (χ3v) is 10.2. The van der Waals surface area contributed by atoms with E-state index >= 15 is 0 Å². The van der Waals surface area contributed by atoms with Gasteiger partial charge in [-0.15, -0.1) is 0 Å². The first-order valence-electron chi connectivity index (χ1n) is 9.85. The minimum absolute atomic E-state index is 0. The Balaban J connectivity index is 0.00000256. The third-order valence-electron chi connectivity index (χ3n) is 5.38. The maximum absolute atomic E-state index is 13.3. The summed E-state index contributed by atoms with van der Waals surface area (Å²) in [6.45, 7) is 1.74. The van der Waals surface area contributed by atoms with Crippen LogP contribution in [0.5, 0.6) is 0 Å². The van der Waals surface area contributed by atoms with Crippen LogP contribution in [0.1, 0.15) is 18.1 Å². The van der Waals surface area contributed by atoms with E-state index in [1.165, 1.54) is 15.9 Å². The number of rotatable bonds is 6. The molecule has 0 radical (unpaired) electrons. The fourth-order valence-corrected chi connectivity index (χ4v) is 9.13. The Morgan fingerprint density at radius 2 is 0.867 bits per heavy atom. The number of halogens is 1. The molecule has 0 spiro atoms. The van der Waals surface area contributed by atoms with Crippen LogP contribution in [0.2, 0.25) is 0 Å². The van der Waals surface area contributed by atoms with Gasteiger partial charge in [0, 0.05) is 5.56 Å². The van der Waals surface area contributed by atoms with E-state index in [2.05, 4.69) is 84.9 Å². The molecular weight excluding hydrogens is 451 g/mol. The Labute approximate surface area is 189 Å². The summed E-state index contributed by atoms with van der Waals surface area (Å²) >= 11 is 0. The van der Waals surface area contributed by atoms with Crippen molar-refractivity contribution >= 4 is 29.0 Å². The van der Waals surface area contributed by atoms with Gasteiger partial charge in [-0.3, -0.25) is 4.79 Å². The van der Waals surface area contributed by atoms with E-state index < -0.39 is 7.26 Å². The van der Waals surface area contributed by atoms with Gasteiger partial charge in [-0.25, -0.2) is 0 Å². The number of carbonyl (C=O) groups excluding carboxylic acids is 1. The lowest BCUT2D eigenvalue weighted by atomic mass is 10.1. The number of hydrogen-bond acceptors (Lipinski definition) is 1. The van der Waals surface area contributed by atoms with Crippen LogP contribution in [0.25, 0.3) is 0 Å². The van der Waals surface area contributed by atoms with E-state index in [0.29, 0.717) is 0 Å². The summed E-state index contributed by atoms with van der Waals surface area (Å²) in [4.78, 5) is 13.3. The number of hydrogen-bond donors (Lipinski definition) is 0. The van der Waals surface area contributed by atoms with Crippen molar-refractivity contribution in [3.63, 3.8) is 0 Å². The minimum Gasteiger partial charge on any atom is -1.00 e. The van der Waals surface area contributed by atoms with Crippen molar-refractivity contribution in [2.45, 2.75) is 12.6 Å². The fourth-order valence-electron chi connectivity index (χ4n) is 4.25. The van der Waals surface area contributed by atoms with Crippen LogP contribution in [0.3, 0.4) is 0 Å². The van der Waals surface area contributed by atoms with Gasteiger partial charge in [0.2, 0.25) is 0 Å². The summed E-state index contributed by atoms with van der Waals surface area (Å²) in [7, 11) is -2.29. The smallest absolute Gasteiger partial charge is 0.175 e. The highest BCUT2D eigenvalue weighted by molar-refractivity contribution is 7.96. The van der Waals surface area contributed by atoms with Gasteiger partial charge < -0.3 is 17.0 Å². The van der Waals surface area contributed by atoms with Crippen molar-refractivity contribution in [3.05, 3.63) is 127 Å². The van der Waals surface area contributed by atoms with Crippen LogP contribution in [-0.2, 0) is 4.79 Å². The molecule has 1 unspecified atom stereocenters. The second kappa shape index (κ2) is 9.98. The lowest BCUT2D eigenvalue weighted by Crippen LogP contribution is -3.00. The third kappa shape index (κ3) is 4.03. The Kier molecular flexibility index (Phi) is 7.37. The zero-order chi connectivity index (χ0) is 20.1. The van der Waals surface area contributed by atoms with Crippen LogP contribution in [0.15, 0.2) is 121 Å². The molecule has 150 valence electrons. The fraction of sp³-hybridized carbons (Fsp3) is 0.0741. The monoisotopic (exact) mass is 474 g/mol. The standard InChI is InChI=1S/C27H24OP.BrH/c1-22(28)27(23-14-6-2-7-15-23)29(24-16-8-3-9-17-24,25-18-10-4-11-19-25)26-20-12-5-13-21-26;/h2-21,27H,1H3;1H/q+1;/p-1. The predicted molar refractivity (Wildman–Crippen MR) is 125 cm³/mol. The molecule has 4 aromatic rings. The highest BCUT2D eigenvalue weighted by Gasteiger charge is 2.55. The van der Waals surface area contributed by atoms with Gasteiger partial charge in [0.25, 0.3) is 0 Å². The van der Waals surface area contributed by atoms with Crippen molar-refractivity contribution < 1.29 is 21.8 Å². The first kappa shape index (κ1) is 22.2. The van der Waals surface area contributed by atoms with Gasteiger partial charge in [-0.2, -0.15) is 0 Å². The summed E-state index contributed by atoms with van der Waals surface area (Å²) in [6, 6.07) is 42.0. The molecule has 30 heavy (non-hydrogen) atoms. The van der Waals surface area contributed by atoms with E-state index in [-0.39, 0.29) is 28.4 Å². The summed E-state index contributed by atoms with van der Waals surface area (Å²) < 4.78 is 0. The summed E-state index contributed by atoms with van der Waals surface area (Å²) in [5, 5.41) is 3.67. The summed E-state index contributed by atoms with van der Waals surface area (Å²) in [5.41, 5.74) is 0.834. The van der Waals surface area contributed by atoms with Gasteiger partial charge in [-0.1, -0.05) is 84.9 Å². The lowest BCUT2D eigenvalue weighted by molar-refractivity contribution is -0.116. The van der Waals surface area contributed by atoms with Gasteiger partial charge >= 0.3 is 0 Å². The Bertz CT molecular complexity index is 970. The SMILES string of the molecule is CC(=O)C(c1ccccc1)[P+](c1ccccc1)(c1ccccc1)c1ccccc1.[Br-]. The predicted octanol–water partition coefficient (Wildman–Crippen LogP) is 2.31. The molecule has 0 aliphatic carbocycles. The van der Waals surface area contributed by atoms with Crippen LogP contribution < -0.4 is 32.9 Å². The number of ketones is 1. The van der Waals surface area contributed by atoms with Crippen molar-refractivity contribution in [3.8, 4) is 0 Å². The van der Waals surface area contributed by atoms with E-state index in [4.69, 9.17) is 0 Å². The molecular formula is C27H24BrOP. The number of benzene rings is 4. The van der Waals surface area contributed by atoms with Crippen molar-refractivity contribution in [2.24, 2.45) is 0 Å². The summed E-state index contributed by atoms with van der Waals surface area (Å²) in [6.07, 6.45) is 0. The normalized spacial score (nSPS) is 11.9. The first-order valence-corrected chi connectivity index (χ1v) is 11.7. The molecule has 1 nitrogen and oxygen atoms in total. The molecule has 0 amide bonds. The van der Waals surface area contributed by atoms with Crippen LogP contribution in [-0.4, -0.2) is 5.78 Å². The molecule has 0 fully saturated rings. The molecule has 0 saturated carbocycles. The van der Waals surface area contributed by atoms with Crippen LogP contribution >= 0.6 is 7.26 Å². The first-order chi connectivity index (χ1) is 14.2. The quantitative estimate of drug-likeness (QED) is 0.392. The Morgan fingerprint density at radius 1 is 0.567 bits per heavy atom. The lowest BCUT2D eigenvalue weighted by Gasteiger charge is -2.33. The van der Waals surface area contributed by atoms with Crippen LogP contribution in [0, 0.1) is 0 Å². The maximum atomic E-state index is 13.3. The van der Waals surface area contributed by atoms with E-state index in [0.717, 1.165) is 5.56 Å². The second-order valence-electron chi connectivity index (χ2n) is 7.15. The zero-order valence-corrected chi connectivity index (χ0v) is 19.3. The molecule has 4 aromatic carbocycles. The molecule has 0 saturated heterocycles. The van der Waals surface area contributed by atoms with Crippen molar-refractivity contribution in [1.29, 1.82) is 0 Å². The highest BCUT2D eigenvalue weighted by Crippen LogP contribution is 2.66. The van der Waals surface area contributed by atoms with Crippen molar-refractivity contribution in [2.75, 3.05) is 0 Å². The maximum Gasteiger partial charge on any atom is 0.175 e. The van der Waals surface area contributed by atoms with E-state index in [1.807, 2.05) is 36.4 Å². The molecule has 0 aliphatic heterocycles. The molecule has 4 rings (SSSR count). The zero-order valence-electron chi connectivity index (χ0n) is 16.9. The van der Waals surface area contributed by atoms with Crippen molar-refractivity contribution in [1.82, 2.24) is 0 Å². The molecule has 0 heterocycles. The van der Waals surface area contributed by atoms with Gasteiger partial charge in [0.1, 0.15) is 23.2 Å². The average molecular weight is 475 g/mol.